The van der Waals surface area contributed by atoms with Gasteiger partial charge in [0.2, 0.25) is 0 Å². The third-order valence-electron chi connectivity index (χ3n) is 6.79. The highest BCUT2D eigenvalue weighted by molar-refractivity contribution is 5.90. The van der Waals surface area contributed by atoms with E-state index in [9.17, 15) is 28.1 Å². The molecule has 0 N–H and O–H groups in total. The van der Waals surface area contributed by atoms with Crippen molar-refractivity contribution in [2.75, 3.05) is 11.9 Å². The van der Waals surface area contributed by atoms with E-state index in [0.29, 0.717) is 12.1 Å². The summed E-state index contributed by atoms with van der Waals surface area (Å²) in [4.78, 5) is 29.1. The molecule has 0 amide bonds. The van der Waals surface area contributed by atoms with Crippen LogP contribution in [-0.4, -0.2) is 39.6 Å². The van der Waals surface area contributed by atoms with Crippen molar-refractivity contribution in [2.24, 2.45) is 5.41 Å². The minimum absolute atomic E-state index is 0.139. The van der Waals surface area contributed by atoms with Gasteiger partial charge in [-0.15, -0.1) is 0 Å². The molecule has 0 spiro atoms. The number of halogens is 3. The van der Waals surface area contributed by atoms with Crippen LogP contribution in [0.3, 0.4) is 0 Å². The predicted molar refractivity (Wildman–Crippen MR) is 136 cm³/mol. The maximum absolute atomic E-state index is 13.6. The normalized spacial score (nSPS) is 18.5. The van der Waals surface area contributed by atoms with Crippen LogP contribution in [0.2, 0.25) is 0 Å². The van der Waals surface area contributed by atoms with E-state index in [1.807, 2.05) is 19.9 Å². The number of hydrogen-bond acceptors (Lipinski definition) is 7. The molecule has 0 fully saturated rings. The lowest BCUT2D eigenvalue weighted by molar-refractivity contribution is -0.384. The second-order valence-corrected chi connectivity index (χ2v) is 9.85. The van der Waals surface area contributed by atoms with Gasteiger partial charge in [-0.05, 0) is 48.2 Å². The third-order valence-corrected chi connectivity index (χ3v) is 6.79. The van der Waals surface area contributed by atoms with E-state index < -0.39 is 45.8 Å². The summed E-state index contributed by atoms with van der Waals surface area (Å²) in [5.74, 6) is -0.676. The number of ether oxygens (including phenoxy) is 1. The highest BCUT2D eigenvalue weighted by Gasteiger charge is 2.42. The molecular weight excluding hydrogens is 515 g/mol. The van der Waals surface area contributed by atoms with Crippen LogP contribution >= 0.6 is 0 Å². The predicted octanol–water partition coefficient (Wildman–Crippen LogP) is 5.68. The van der Waals surface area contributed by atoms with Crippen molar-refractivity contribution in [3.63, 3.8) is 0 Å². The van der Waals surface area contributed by atoms with E-state index in [-0.39, 0.29) is 16.9 Å². The zero-order valence-corrected chi connectivity index (χ0v) is 21.2. The molecule has 1 heterocycles. The number of non-ortho nitro benzene ring substituents is 1. The smallest absolute Gasteiger partial charge is 0.417 e. The lowest BCUT2D eigenvalue weighted by Gasteiger charge is -2.45. The minimum atomic E-state index is -4.70. The van der Waals surface area contributed by atoms with Gasteiger partial charge in [0.1, 0.15) is 6.10 Å². The van der Waals surface area contributed by atoms with Gasteiger partial charge >= 0.3 is 12.1 Å². The second-order valence-electron chi connectivity index (χ2n) is 9.85. The highest BCUT2D eigenvalue weighted by Crippen LogP contribution is 2.43. The third kappa shape index (κ3) is 5.62. The number of imidazole rings is 1. The Morgan fingerprint density at radius 3 is 2.51 bits per heavy atom. The molecule has 1 aromatic heterocycles. The number of hydrogen-bond donors (Lipinski definition) is 0. The zero-order chi connectivity index (χ0) is 28.5. The zero-order valence-electron chi connectivity index (χ0n) is 21.2. The molecule has 2 aromatic carbocycles. The van der Waals surface area contributed by atoms with Crippen LogP contribution in [0, 0.1) is 26.9 Å². The second kappa shape index (κ2) is 10.2. The van der Waals surface area contributed by atoms with E-state index >= 15 is 0 Å². The molecule has 2 unspecified atom stereocenters. The van der Waals surface area contributed by atoms with Crippen LogP contribution in [0.1, 0.15) is 41.8 Å². The van der Waals surface area contributed by atoms with Crippen molar-refractivity contribution in [1.29, 1.82) is 5.26 Å². The topological polar surface area (TPSA) is 114 Å². The van der Waals surface area contributed by atoms with Gasteiger partial charge in [0, 0.05) is 37.3 Å². The van der Waals surface area contributed by atoms with Crippen molar-refractivity contribution >= 4 is 23.0 Å². The fourth-order valence-corrected chi connectivity index (χ4v) is 4.76. The number of benzene rings is 2. The van der Waals surface area contributed by atoms with E-state index in [0.717, 1.165) is 12.1 Å². The van der Waals surface area contributed by atoms with Crippen LogP contribution in [0.4, 0.5) is 24.5 Å². The Morgan fingerprint density at radius 1 is 1.26 bits per heavy atom. The quantitative estimate of drug-likeness (QED) is 0.225. The molecule has 1 aliphatic rings. The lowest BCUT2D eigenvalue weighted by atomic mass is 9.73. The Hall–Kier alpha value is -4.66. The number of carbonyl (C=O) groups excluding carboxylic acids is 1. The summed E-state index contributed by atoms with van der Waals surface area (Å²) >= 11 is 0. The Labute approximate surface area is 221 Å². The number of nitro groups is 1. The first-order valence-electron chi connectivity index (χ1n) is 11.8. The molecule has 9 nitrogen and oxygen atoms in total. The van der Waals surface area contributed by atoms with Gasteiger partial charge in [-0.25, -0.2) is 9.78 Å². The summed E-state index contributed by atoms with van der Waals surface area (Å²) in [5.41, 5.74) is -1.27. The number of nitrogens with zero attached hydrogens (tertiary/aromatic N) is 5. The summed E-state index contributed by atoms with van der Waals surface area (Å²) in [5, 5.41) is 20.1. The fraction of sp³-hybridized carbons (Fsp3) is 0.296. The average molecular weight is 540 g/mol. The number of nitriles is 1. The number of esters is 1. The summed E-state index contributed by atoms with van der Waals surface area (Å²) in [7, 11) is 1.67. The summed E-state index contributed by atoms with van der Waals surface area (Å²) < 4.78 is 48.4. The highest BCUT2D eigenvalue weighted by atomic mass is 19.4. The van der Waals surface area contributed by atoms with Crippen molar-refractivity contribution in [2.45, 2.75) is 38.6 Å². The van der Waals surface area contributed by atoms with Crippen LogP contribution < -0.4 is 4.90 Å². The van der Waals surface area contributed by atoms with E-state index in [4.69, 9.17) is 10.00 Å². The van der Waals surface area contributed by atoms with Gasteiger partial charge < -0.3 is 14.2 Å². The molecule has 1 aliphatic carbocycles. The summed E-state index contributed by atoms with van der Waals surface area (Å²) in [6.45, 7) is 3.83. The largest absolute Gasteiger partial charge is 0.452 e. The van der Waals surface area contributed by atoms with E-state index in [2.05, 4.69) is 4.98 Å². The first-order chi connectivity index (χ1) is 18.3. The van der Waals surface area contributed by atoms with Gasteiger partial charge in [-0.1, -0.05) is 13.8 Å². The number of anilines is 1. The molecule has 2 atom stereocenters. The number of rotatable bonds is 6. The van der Waals surface area contributed by atoms with Gasteiger partial charge in [-0.3, -0.25) is 10.1 Å². The monoisotopic (exact) mass is 539 g/mol. The molecule has 0 saturated carbocycles. The lowest BCUT2D eigenvalue weighted by Crippen LogP contribution is -2.48. The molecule has 12 heteroatoms. The maximum atomic E-state index is 13.6. The number of carbonyl (C=O) groups is 1. The Balaban J connectivity index is 1.69. The number of likely N-dealkylation sites (N-methyl/N-ethyl adjacent to an activating group) is 1. The summed E-state index contributed by atoms with van der Waals surface area (Å²) in [6, 6.07) is 9.80. The van der Waals surface area contributed by atoms with Crippen LogP contribution in [0.15, 0.2) is 67.3 Å². The number of alkyl halides is 3. The fourth-order valence-electron chi connectivity index (χ4n) is 4.76. The molecule has 3 aromatic rings. The van der Waals surface area contributed by atoms with Gasteiger partial charge in [0.15, 0.2) is 0 Å². The van der Waals surface area contributed by atoms with Crippen molar-refractivity contribution in [1.82, 2.24) is 9.55 Å². The Morgan fingerprint density at radius 2 is 1.95 bits per heavy atom. The maximum Gasteiger partial charge on any atom is 0.417 e. The number of aromatic nitrogens is 2. The van der Waals surface area contributed by atoms with Gasteiger partial charge in [0.25, 0.3) is 5.69 Å². The first-order valence-corrected chi connectivity index (χ1v) is 11.8. The first kappa shape index (κ1) is 27.4. The molecule has 0 radical (unpaired) electrons. The SMILES string of the molecule is CN(c1ccc(C#N)c(C(F)(F)F)c1)C1C=C(n2ccnc2)C(OC(=O)c2ccc([N+](=O)[O-])cc2)CC1(C)C. The molecular formula is C27H24F3N5O4. The van der Waals surface area contributed by atoms with Crippen molar-refractivity contribution in [3.05, 3.63) is 94.1 Å². The van der Waals surface area contributed by atoms with Crippen LogP contribution in [0.25, 0.3) is 5.70 Å². The number of nitro benzene ring substituents is 1. The van der Waals surface area contributed by atoms with Gasteiger partial charge in [-0.2, -0.15) is 18.4 Å². The molecule has 0 saturated heterocycles. The summed E-state index contributed by atoms with van der Waals surface area (Å²) in [6.07, 6.45) is 1.43. The van der Waals surface area contributed by atoms with Crippen LogP contribution in [0.5, 0.6) is 0 Å². The Bertz CT molecular complexity index is 1460. The standard InChI is InChI=1S/C27H24F3N5O4/c1-26(2)14-23(39-25(36)17-4-7-19(8-5-17)35(37)38)22(34-11-10-32-16-34)13-24(26)33(3)20-9-6-18(15-31)21(12-20)27(28,29)30/h4-13,16,23-24H,14H2,1-3H3. The molecule has 0 aliphatic heterocycles. The Kier molecular flexibility index (Phi) is 7.19. The van der Waals surface area contributed by atoms with Gasteiger partial charge in [0.05, 0.1) is 45.7 Å². The van der Waals surface area contributed by atoms with Crippen molar-refractivity contribution < 1.29 is 27.6 Å². The molecule has 4 rings (SSSR count). The van der Waals surface area contributed by atoms with Crippen molar-refractivity contribution in [3.8, 4) is 6.07 Å². The van der Waals surface area contributed by atoms with E-state index in [1.165, 1.54) is 36.7 Å². The average Bonchev–Trinajstić information content (AvgIpc) is 3.42. The molecule has 202 valence electrons. The molecule has 39 heavy (non-hydrogen) atoms. The van der Waals surface area contributed by atoms with Crippen LogP contribution in [-0.2, 0) is 10.9 Å². The van der Waals surface area contributed by atoms with E-state index in [1.54, 1.807) is 35.0 Å². The molecule has 0 bridgehead atoms. The minimum Gasteiger partial charge on any atom is -0.452 e.